The summed E-state index contributed by atoms with van der Waals surface area (Å²) in [5.74, 6) is -0.0232. The van der Waals surface area contributed by atoms with Crippen molar-refractivity contribution in [2.45, 2.75) is 12.8 Å². The van der Waals surface area contributed by atoms with E-state index in [-0.39, 0.29) is 12.5 Å². The van der Waals surface area contributed by atoms with Crippen molar-refractivity contribution in [3.63, 3.8) is 0 Å². The highest BCUT2D eigenvalue weighted by Crippen LogP contribution is 2.16. The second-order valence-corrected chi connectivity index (χ2v) is 3.38. The van der Waals surface area contributed by atoms with Crippen LogP contribution in [0.4, 0.5) is 0 Å². The first kappa shape index (κ1) is 11.5. The normalized spacial score (nSPS) is 10.1. The zero-order valence-electron chi connectivity index (χ0n) is 8.57. The molecular weight excluding hydrogens is 192 g/mol. The van der Waals surface area contributed by atoms with Gasteiger partial charge in [0.25, 0.3) is 0 Å². The molecule has 15 heavy (non-hydrogen) atoms. The Labute approximate surface area is 89.1 Å². The predicted molar refractivity (Wildman–Crippen MR) is 58.5 cm³/mol. The molecule has 0 spiro atoms. The Hall–Kier alpha value is -1.55. The van der Waals surface area contributed by atoms with Gasteiger partial charge in [-0.3, -0.25) is 4.79 Å². The summed E-state index contributed by atoms with van der Waals surface area (Å²) in [6.45, 7) is 0.929. The summed E-state index contributed by atoms with van der Waals surface area (Å²) in [6.07, 6.45) is 1.66. The van der Waals surface area contributed by atoms with Crippen molar-refractivity contribution in [1.29, 1.82) is 0 Å². The van der Waals surface area contributed by atoms with E-state index in [4.69, 9.17) is 5.73 Å². The van der Waals surface area contributed by atoms with Crippen LogP contribution < -0.4 is 11.1 Å². The highest BCUT2D eigenvalue weighted by molar-refractivity contribution is 5.75. The first-order valence-electron chi connectivity index (χ1n) is 4.96. The number of aryl methyl sites for hydroxylation is 1. The van der Waals surface area contributed by atoms with Crippen LogP contribution in [0.25, 0.3) is 0 Å². The van der Waals surface area contributed by atoms with Crippen LogP contribution in [-0.4, -0.2) is 24.1 Å². The van der Waals surface area contributed by atoms with Gasteiger partial charge in [-0.05, 0) is 31.0 Å². The predicted octanol–water partition coefficient (Wildman–Crippen LogP) is 0.400. The average molecular weight is 208 g/mol. The van der Waals surface area contributed by atoms with Gasteiger partial charge in [0.05, 0.1) is 6.54 Å². The summed E-state index contributed by atoms with van der Waals surface area (Å²) >= 11 is 0. The maximum atomic E-state index is 10.4. The number of rotatable bonds is 6. The standard InChI is InChI=1S/C11H16N2O2/c12-11(15)8-13-7-3-5-9-4-1-2-6-10(9)14/h1-2,4,6,13-14H,3,5,7-8H2,(H2,12,15). The van der Waals surface area contributed by atoms with Crippen molar-refractivity contribution in [1.82, 2.24) is 5.32 Å². The van der Waals surface area contributed by atoms with Crippen LogP contribution in [0.2, 0.25) is 0 Å². The van der Waals surface area contributed by atoms with Crippen molar-refractivity contribution in [2.24, 2.45) is 5.73 Å². The fourth-order valence-electron chi connectivity index (χ4n) is 1.34. The highest BCUT2D eigenvalue weighted by Gasteiger charge is 1.99. The Morgan fingerprint density at radius 2 is 2.13 bits per heavy atom. The quantitative estimate of drug-likeness (QED) is 0.592. The number of phenols is 1. The molecule has 0 radical (unpaired) electrons. The number of primary amides is 1. The third kappa shape index (κ3) is 4.46. The monoisotopic (exact) mass is 208 g/mol. The third-order valence-electron chi connectivity index (χ3n) is 2.09. The number of para-hydroxylation sites is 1. The van der Waals surface area contributed by atoms with Crippen molar-refractivity contribution in [3.05, 3.63) is 29.8 Å². The molecule has 1 rings (SSSR count). The average Bonchev–Trinajstić information content (AvgIpc) is 2.20. The van der Waals surface area contributed by atoms with Crippen LogP contribution in [-0.2, 0) is 11.2 Å². The number of nitrogens with two attached hydrogens (primary N) is 1. The minimum absolute atomic E-state index is 0.209. The van der Waals surface area contributed by atoms with E-state index in [0.717, 1.165) is 24.9 Å². The number of carbonyl (C=O) groups is 1. The van der Waals surface area contributed by atoms with Gasteiger partial charge in [0.2, 0.25) is 5.91 Å². The number of carbonyl (C=O) groups excluding carboxylic acids is 1. The summed E-state index contributed by atoms with van der Waals surface area (Å²) in [5.41, 5.74) is 5.90. The topological polar surface area (TPSA) is 75.4 Å². The molecule has 0 aliphatic rings. The molecular formula is C11H16N2O2. The molecule has 82 valence electrons. The molecule has 0 heterocycles. The maximum Gasteiger partial charge on any atom is 0.231 e. The molecule has 0 aromatic heterocycles. The molecule has 4 nitrogen and oxygen atoms in total. The lowest BCUT2D eigenvalue weighted by atomic mass is 10.1. The lowest BCUT2D eigenvalue weighted by molar-refractivity contribution is -0.117. The summed E-state index contributed by atoms with van der Waals surface area (Å²) < 4.78 is 0. The Morgan fingerprint density at radius 1 is 1.40 bits per heavy atom. The van der Waals surface area contributed by atoms with E-state index in [1.807, 2.05) is 12.1 Å². The number of nitrogens with one attached hydrogen (secondary N) is 1. The van der Waals surface area contributed by atoms with Crippen LogP contribution >= 0.6 is 0 Å². The molecule has 0 aliphatic heterocycles. The van der Waals surface area contributed by atoms with E-state index < -0.39 is 0 Å². The van der Waals surface area contributed by atoms with Gasteiger partial charge in [-0.1, -0.05) is 18.2 Å². The largest absolute Gasteiger partial charge is 0.508 e. The molecule has 0 saturated heterocycles. The zero-order valence-corrected chi connectivity index (χ0v) is 8.57. The maximum absolute atomic E-state index is 10.4. The number of benzene rings is 1. The molecule has 0 aliphatic carbocycles. The number of aromatic hydroxyl groups is 1. The molecule has 0 unspecified atom stereocenters. The van der Waals surface area contributed by atoms with E-state index in [9.17, 15) is 9.90 Å². The Morgan fingerprint density at radius 3 is 2.80 bits per heavy atom. The van der Waals surface area contributed by atoms with E-state index >= 15 is 0 Å². The van der Waals surface area contributed by atoms with Gasteiger partial charge in [0, 0.05) is 0 Å². The van der Waals surface area contributed by atoms with Crippen LogP contribution in [0.1, 0.15) is 12.0 Å². The highest BCUT2D eigenvalue weighted by atomic mass is 16.3. The number of amides is 1. The molecule has 1 aromatic rings. The Balaban J connectivity index is 2.21. The van der Waals surface area contributed by atoms with Crippen LogP contribution in [0.5, 0.6) is 5.75 Å². The molecule has 0 bridgehead atoms. The lowest BCUT2D eigenvalue weighted by Gasteiger charge is -2.04. The molecule has 4 N–H and O–H groups in total. The van der Waals surface area contributed by atoms with E-state index in [0.29, 0.717) is 5.75 Å². The molecule has 1 aromatic carbocycles. The van der Waals surface area contributed by atoms with E-state index in [1.54, 1.807) is 12.1 Å². The SMILES string of the molecule is NC(=O)CNCCCc1ccccc1O. The van der Waals surface area contributed by atoms with Crippen molar-refractivity contribution in [2.75, 3.05) is 13.1 Å². The first-order valence-corrected chi connectivity index (χ1v) is 4.96. The first-order chi connectivity index (χ1) is 7.20. The van der Waals surface area contributed by atoms with Gasteiger partial charge >= 0.3 is 0 Å². The van der Waals surface area contributed by atoms with E-state index in [1.165, 1.54) is 0 Å². The molecule has 0 fully saturated rings. The van der Waals surface area contributed by atoms with Gasteiger partial charge in [0.1, 0.15) is 5.75 Å². The molecule has 0 saturated carbocycles. The van der Waals surface area contributed by atoms with Crippen molar-refractivity contribution < 1.29 is 9.90 Å². The van der Waals surface area contributed by atoms with Gasteiger partial charge in [-0.25, -0.2) is 0 Å². The smallest absolute Gasteiger partial charge is 0.231 e. The molecule has 1 amide bonds. The number of phenolic OH excluding ortho intramolecular Hbond substituents is 1. The van der Waals surface area contributed by atoms with Gasteiger partial charge in [-0.2, -0.15) is 0 Å². The van der Waals surface area contributed by atoms with Crippen molar-refractivity contribution >= 4 is 5.91 Å². The molecule has 0 atom stereocenters. The second kappa shape index (κ2) is 6.03. The second-order valence-electron chi connectivity index (χ2n) is 3.38. The minimum atomic E-state index is -0.349. The fourth-order valence-corrected chi connectivity index (χ4v) is 1.34. The summed E-state index contributed by atoms with van der Waals surface area (Å²) in [5, 5.41) is 12.4. The summed E-state index contributed by atoms with van der Waals surface area (Å²) in [7, 11) is 0. The van der Waals surface area contributed by atoms with Crippen LogP contribution in [0, 0.1) is 0 Å². The zero-order chi connectivity index (χ0) is 11.1. The lowest BCUT2D eigenvalue weighted by Crippen LogP contribution is -2.29. The van der Waals surface area contributed by atoms with Gasteiger partial charge < -0.3 is 16.2 Å². The van der Waals surface area contributed by atoms with Crippen LogP contribution in [0.3, 0.4) is 0 Å². The Bertz CT molecular complexity index is 326. The van der Waals surface area contributed by atoms with Gasteiger partial charge in [-0.15, -0.1) is 0 Å². The Kier molecular flexibility index (Phi) is 4.63. The van der Waals surface area contributed by atoms with Crippen LogP contribution in [0.15, 0.2) is 24.3 Å². The van der Waals surface area contributed by atoms with Gasteiger partial charge in [0.15, 0.2) is 0 Å². The number of hydrogen-bond acceptors (Lipinski definition) is 3. The van der Waals surface area contributed by atoms with Crippen molar-refractivity contribution in [3.8, 4) is 5.75 Å². The molecule has 4 heteroatoms. The number of hydrogen-bond donors (Lipinski definition) is 3. The summed E-state index contributed by atoms with van der Waals surface area (Å²) in [6, 6.07) is 7.26. The fraction of sp³-hybridized carbons (Fsp3) is 0.364. The minimum Gasteiger partial charge on any atom is -0.508 e. The third-order valence-corrected chi connectivity index (χ3v) is 2.09. The van der Waals surface area contributed by atoms with E-state index in [2.05, 4.69) is 5.32 Å². The summed E-state index contributed by atoms with van der Waals surface area (Å²) in [4.78, 5) is 10.4.